The number of unbranched alkanes of at least 4 members (excludes halogenated alkanes) is 1. The van der Waals surface area contributed by atoms with Crippen molar-refractivity contribution in [1.29, 1.82) is 0 Å². The van der Waals surface area contributed by atoms with Gasteiger partial charge in [-0.1, -0.05) is 49.2 Å². The van der Waals surface area contributed by atoms with Gasteiger partial charge in [0.05, 0.1) is 9.79 Å². The number of hydrogen-bond donors (Lipinski definition) is 4. The van der Waals surface area contributed by atoms with Crippen LogP contribution in [-0.2, 0) is 29.6 Å². The molecule has 0 heterocycles. The zero-order valence-electron chi connectivity index (χ0n) is 16.9. The average molecular weight is 485 g/mol. The minimum Gasteiger partial charge on any atom is -0.480 e. The number of carboxylic acids is 2. The van der Waals surface area contributed by atoms with E-state index in [0.29, 0.717) is 0 Å². The largest absolute Gasteiger partial charge is 0.480 e. The van der Waals surface area contributed by atoms with Crippen molar-refractivity contribution in [1.82, 2.24) is 9.44 Å². The minimum atomic E-state index is -4.04. The van der Waals surface area contributed by atoms with Crippen molar-refractivity contribution in [3.63, 3.8) is 0 Å². The number of hydrogen-bond acceptors (Lipinski definition) is 6. The van der Waals surface area contributed by atoms with E-state index in [4.69, 9.17) is 0 Å². The topological polar surface area (TPSA) is 167 Å². The van der Waals surface area contributed by atoms with Crippen molar-refractivity contribution in [3.8, 4) is 0 Å². The molecule has 2 rings (SSSR count). The Hall–Kier alpha value is -2.80. The van der Waals surface area contributed by atoms with Crippen LogP contribution in [0, 0.1) is 0 Å². The highest BCUT2D eigenvalue weighted by Crippen LogP contribution is 2.14. The summed E-state index contributed by atoms with van der Waals surface area (Å²) in [6, 6.07) is 11.8. The lowest BCUT2D eigenvalue weighted by atomic mass is 10.1. The number of sulfonamides is 2. The Labute approximate surface area is 186 Å². The molecule has 4 N–H and O–H groups in total. The summed E-state index contributed by atoms with van der Waals surface area (Å²) < 4.78 is 53.6. The van der Waals surface area contributed by atoms with Crippen LogP contribution in [0.2, 0.25) is 0 Å². The fourth-order valence-electron chi connectivity index (χ4n) is 2.87. The molecule has 174 valence electrons. The molecule has 12 heteroatoms. The summed E-state index contributed by atoms with van der Waals surface area (Å²) in [5, 5.41) is 18.7. The predicted octanol–water partition coefficient (Wildman–Crippen LogP) is 1.41. The summed E-state index contributed by atoms with van der Waals surface area (Å²) in [6.07, 6.45) is 0.120. The standard InChI is InChI=1S/C20H24N2O8S2/c23-19(24)17(21-31(27,28)15-9-3-1-4-10-15)13-7-8-14-18(20(25)26)22-32(29,30)16-11-5-2-6-12-16/h1-6,9-12,17-18,21-22H,7-8,13-14H2,(H,23,24)(H,25,26). The second kappa shape index (κ2) is 11.2. The van der Waals surface area contributed by atoms with Crippen molar-refractivity contribution in [2.45, 2.75) is 47.6 Å². The molecule has 0 aromatic heterocycles. The van der Waals surface area contributed by atoms with Crippen LogP contribution in [0.25, 0.3) is 0 Å². The molecule has 0 aliphatic carbocycles. The number of carboxylic acid groups (broad SMARTS) is 2. The second-order valence-electron chi connectivity index (χ2n) is 6.93. The van der Waals surface area contributed by atoms with Crippen LogP contribution in [0.3, 0.4) is 0 Å². The lowest BCUT2D eigenvalue weighted by molar-refractivity contribution is -0.140. The Balaban J connectivity index is 1.94. The van der Waals surface area contributed by atoms with E-state index in [-0.39, 0.29) is 35.5 Å². The van der Waals surface area contributed by atoms with E-state index in [2.05, 4.69) is 9.44 Å². The normalized spacial score (nSPS) is 13.9. The monoisotopic (exact) mass is 484 g/mol. The molecule has 0 fully saturated rings. The summed E-state index contributed by atoms with van der Waals surface area (Å²) in [5.41, 5.74) is 0. The predicted molar refractivity (Wildman–Crippen MR) is 115 cm³/mol. The van der Waals surface area contributed by atoms with Gasteiger partial charge in [-0.2, -0.15) is 9.44 Å². The first-order chi connectivity index (χ1) is 15.0. The van der Waals surface area contributed by atoms with E-state index >= 15 is 0 Å². The maximum absolute atomic E-state index is 12.3. The maximum Gasteiger partial charge on any atom is 0.321 e. The van der Waals surface area contributed by atoms with Gasteiger partial charge in [0.1, 0.15) is 12.1 Å². The maximum atomic E-state index is 12.3. The molecule has 0 bridgehead atoms. The molecular weight excluding hydrogens is 460 g/mol. The highest BCUT2D eigenvalue weighted by Gasteiger charge is 2.27. The third kappa shape index (κ3) is 7.41. The van der Waals surface area contributed by atoms with Gasteiger partial charge in [-0.3, -0.25) is 9.59 Å². The highest BCUT2D eigenvalue weighted by atomic mass is 32.2. The van der Waals surface area contributed by atoms with Gasteiger partial charge in [-0.25, -0.2) is 16.8 Å². The third-order valence-electron chi connectivity index (χ3n) is 4.53. The number of carbonyl (C=O) groups is 2. The van der Waals surface area contributed by atoms with Gasteiger partial charge in [-0.15, -0.1) is 0 Å². The Kier molecular flexibility index (Phi) is 8.89. The zero-order chi connectivity index (χ0) is 23.8. The minimum absolute atomic E-state index is 0.0764. The smallest absolute Gasteiger partial charge is 0.321 e. The van der Waals surface area contributed by atoms with Crippen LogP contribution in [0.4, 0.5) is 0 Å². The van der Waals surface area contributed by atoms with Gasteiger partial charge in [0.15, 0.2) is 0 Å². The summed E-state index contributed by atoms with van der Waals surface area (Å²) >= 11 is 0. The second-order valence-corrected chi connectivity index (χ2v) is 10.4. The molecule has 0 saturated carbocycles. The summed E-state index contributed by atoms with van der Waals surface area (Å²) in [7, 11) is -8.09. The van der Waals surface area contributed by atoms with Gasteiger partial charge in [0.25, 0.3) is 0 Å². The van der Waals surface area contributed by atoms with Crippen molar-refractivity contribution in [3.05, 3.63) is 60.7 Å². The molecule has 10 nitrogen and oxygen atoms in total. The third-order valence-corrected chi connectivity index (χ3v) is 7.51. The van der Waals surface area contributed by atoms with E-state index in [1.165, 1.54) is 48.5 Å². The van der Waals surface area contributed by atoms with Crippen molar-refractivity contribution < 1.29 is 36.6 Å². The number of nitrogens with one attached hydrogen (secondary N) is 2. The zero-order valence-corrected chi connectivity index (χ0v) is 18.6. The molecule has 0 amide bonds. The molecule has 0 aliphatic rings. The average Bonchev–Trinajstić information content (AvgIpc) is 2.75. The Morgan fingerprint density at radius 3 is 1.25 bits per heavy atom. The van der Waals surface area contributed by atoms with Gasteiger partial charge >= 0.3 is 11.9 Å². The molecule has 0 spiro atoms. The fourth-order valence-corrected chi connectivity index (χ4v) is 5.36. The molecule has 0 radical (unpaired) electrons. The fraction of sp³-hybridized carbons (Fsp3) is 0.300. The molecule has 32 heavy (non-hydrogen) atoms. The SMILES string of the molecule is O=C(O)C(CCCCC(NS(=O)(=O)c1ccccc1)C(=O)O)NS(=O)(=O)c1ccccc1. The van der Waals surface area contributed by atoms with E-state index in [1.54, 1.807) is 12.1 Å². The first kappa shape index (κ1) is 25.5. The Morgan fingerprint density at radius 2 is 0.969 bits per heavy atom. The first-order valence-corrected chi connectivity index (χ1v) is 12.6. The van der Waals surface area contributed by atoms with Crippen LogP contribution in [0.1, 0.15) is 25.7 Å². The molecule has 2 aromatic carbocycles. The van der Waals surface area contributed by atoms with Crippen LogP contribution in [0.5, 0.6) is 0 Å². The van der Waals surface area contributed by atoms with Crippen LogP contribution < -0.4 is 9.44 Å². The summed E-state index contributed by atoms with van der Waals surface area (Å²) in [5.74, 6) is -2.74. The molecule has 2 atom stereocenters. The first-order valence-electron chi connectivity index (χ1n) is 9.63. The van der Waals surface area contributed by atoms with Gasteiger partial charge < -0.3 is 10.2 Å². The van der Waals surface area contributed by atoms with Crippen molar-refractivity contribution in [2.24, 2.45) is 0 Å². The number of benzene rings is 2. The van der Waals surface area contributed by atoms with Crippen LogP contribution in [-0.4, -0.2) is 51.1 Å². The molecule has 2 unspecified atom stereocenters. The summed E-state index contributed by atoms with van der Waals surface area (Å²) in [6.45, 7) is 0. The van der Waals surface area contributed by atoms with Crippen molar-refractivity contribution in [2.75, 3.05) is 0 Å². The highest BCUT2D eigenvalue weighted by molar-refractivity contribution is 7.89. The number of aliphatic carboxylic acids is 2. The van der Waals surface area contributed by atoms with Gasteiger partial charge in [-0.05, 0) is 37.1 Å². The quantitative estimate of drug-likeness (QED) is 0.310. The molecule has 0 aliphatic heterocycles. The number of rotatable bonds is 13. The van der Waals surface area contributed by atoms with Gasteiger partial charge in [0, 0.05) is 0 Å². The molecular formula is C20H24N2O8S2. The van der Waals surface area contributed by atoms with E-state index in [1.807, 2.05) is 0 Å². The van der Waals surface area contributed by atoms with E-state index in [0.717, 1.165) is 0 Å². The lowest BCUT2D eigenvalue weighted by Gasteiger charge is -2.17. The lowest BCUT2D eigenvalue weighted by Crippen LogP contribution is -2.41. The van der Waals surface area contributed by atoms with Crippen LogP contribution in [0.15, 0.2) is 70.5 Å². The van der Waals surface area contributed by atoms with E-state index in [9.17, 15) is 36.6 Å². The summed E-state index contributed by atoms with van der Waals surface area (Å²) in [4.78, 5) is 22.8. The molecule has 0 saturated heterocycles. The van der Waals surface area contributed by atoms with Crippen LogP contribution >= 0.6 is 0 Å². The van der Waals surface area contributed by atoms with E-state index < -0.39 is 44.1 Å². The van der Waals surface area contributed by atoms with Crippen molar-refractivity contribution >= 4 is 32.0 Å². The molecule has 2 aromatic rings. The Bertz CT molecular complexity index is 1030. The Morgan fingerprint density at radius 1 is 0.656 bits per heavy atom. The van der Waals surface area contributed by atoms with Gasteiger partial charge in [0.2, 0.25) is 20.0 Å².